The topological polar surface area (TPSA) is 21.6 Å². The van der Waals surface area contributed by atoms with Gasteiger partial charge in [0, 0.05) is 0 Å². The third-order valence-electron chi connectivity index (χ3n) is 2.12. The molecule has 0 saturated carbocycles. The molecule has 0 aliphatic rings. The minimum Gasteiger partial charge on any atom is -0.492 e. The summed E-state index contributed by atoms with van der Waals surface area (Å²) in [5, 5.41) is 0. The van der Waals surface area contributed by atoms with Gasteiger partial charge < -0.3 is 4.74 Å². The molecule has 0 atom stereocenters. The lowest BCUT2D eigenvalue weighted by molar-refractivity contribution is 0.197. The minimum absolute atomic E-state index is 0.241. The molecule has 0 amide bonds. The number of rotatable bonds is 4. The molecule has 0 heterocycles. The highest BCUT2D eigenvalue weighted by molar-refractivity contribution is 5.28. The van der Waals surface area contributed by atoms with Crippen molar-refractivity contribution in [2.45, 2.75) is 20.5 Å². The number of allylic oxidation sites excluding steroid dienone is 2. The highest BCUT2D eigenvalue weighted by Gasteiger charge is 1.97. The standard InChI is InChI=1S/C12H14FNO/c1-9(14-3)10(2)15-8-11-4-6-12(13)7-5-11/h4-7H,3,8H2,1-2H3/b10-9-. The van der Waals surface area contributed by atoms with Crippen molar-refractivity contribution in [2.24, 2.45) is 4.99 Å². The minimum atomic E-state index is -0.241. The fraction of sp³-hybridized carbons (Fsp3) is 0.250. The van der Waals surface area contributed by atoms with E-state index in [9.17, 15) is 4.39 Å². The highest BCUT2D eigenvalue weighted by Crippen LogP contribution is 2.10. The number of nitrogens with zero attached hydrogens (tertiary/aromatic N) is 1. The molecule has 0 N–H and O–H groups in total. The molecule has 3 heteroatoms. The van der Waals surface area contributed by atoms with E-state index in [1.54, 1.807) is 12.1 Å². The van der Waals surface area contributed by atoms with Crippen molar-refractivity contribution in [3.05, 3.63) is 47.1 Å². The van der Waals surface area contributed by atoms with E-state index in [-0.39, 0.29) is 5.82 Å². The number of ether oxygens (including phenoxy) is 1. The zero-order valence-electron chi connectivity index (χ0n) is 8.96. The average molecular weight is 207 g/mol. The van der Waals surface area contributed by atoms with Gasteiger partial charge in [0.15, 0.2) is 0 Å². The number of hydrogen-bond acceptors (Lipinski definition) is 2. The van der Waals surface area contributed by atoms with Gasteiger partial charge in [-0.25, -0.2) is 4.39 Å². The lowest BCUT2D eigenvalue weighted by Crippen LogP contribution is -1.93. The van der Waals surface area contributed by atoms with Crippen LogP contribution in [0.2, 0.25) is 0 Å². The Morgan fingerprint density at radius 3 is 2.47 bits per heavy atom. The van der Waals surface area contributed by atoms with E-state index in [4.69, 9.17) is 4.74 Å². The third-order valence-corrected chi connectivity index (χ3v) is 2.12. The Bertz CT molecular complexity index is 368. The predicted octanol–water partition coefficient (Wildman–Crippen LogP) is 3.29. The van der Waals surface area contributed by atoms with E-state index in [1.165, 1.54) is 12.1 Å². The molecule has 0 saturated heterocycles. The summed E-state index contributed by atoms with van der Waals surface area (Å²) in [5.74, 6) is 0.490. The maximum Gasteiger partial charge on any atom is 0.123 e. The van der Waals surface area contributed by atoms with Gasteiger partial charge in [0.25, 0.3) is 0 Å². The first kappa shape index (κ1) is 11.4. The molecular weight excluding hydrogens is 193 g/mol. The second kappa shape index (κ2) is 5.29. The maximum absolute atomic E-state index is 12.6. The fourth-order valence-electron chi connectivity index (χ4n) is 0.988. The molecule has 0 aromatic heterocycles. The summed E-state index contributed by atoms with van der Waals surface area (Å²) in [4.78, 5) is 3.76. The molecule has 0 aliphatic heterocycles. The third kappa shape index (κ3) is 3.54. The van der Waals surface area contributed by atoms with Gasteiger partial charge in [-0.2, -0.15) is 0 Å². The molecule has 0 unspecified atom stereocenters. The van der Waals surface area contributed by atoms with Crippen LogP contribution in [0.5, 0.6) is 0 Å². The molecule has 1 aromatic carbocycles. The summed E-state index contributed by atoms with van der Waals surface area (Å²) in [6.07, 6.45) is 0. The zero-order valence-corrected chi connectivity index (χ0v) is 8.96. The van der Waals surface area contributed by atoms with E-state index < -0.39 is 0 Å². The first-order chi connectivity index (χ1) is 7.13. The first-order valence-corrected chi connectivity index (χ1v) is 4.65. The van der Waals surface area contributed by atoms with Crippen molar-refractivity contribution < 1.29 is 9.13 Å². The number of halogens is 1. The Morgan fingerprint density at radius 2 is 1.93 bits per heavy atom. The normalized spacial score (nSPS) is 11.9. The summed E-state index contributed by atoms with van der Waals surface area (Å²) in [5.41, 5.74) is 1.68. The van der Waals surface area contributed by atoms with Crippen LogP contribution in [0.1, 0.15) is 19.4 Å². The van der Waals surface area contributed by atoms with Crippen LogP contribution in [-0.4, -0.2) is 6.72 Å². The number of hydrogen-bond donors (Lipinski definition) is 0. The quantitative estimate of drug-likeness (QED) is 0.548. The summed E-state index contributed by atoms with van der Waals surface area (Å²) < 4.78 is 18.0. The van der Waals surface area contributed by atoms with Gasteiger partial charge in [0.1, 0.15) is 18.2 Å². The molecule has 2 nitrogen and oxygen atoms in total. The molecule has 0 bridgehead atoms. The summed E-state index contributed by atoms with van der Waals surface area (Å²) in [7, 11) is 0. The fourth-order valence-corrected chi connectivity index (χ4v) is 0.988. The van der Waals surface area contributed by atoms with E-state index in [1.807, 2.05) is 13.8 Å². The van der Waals surface area contributed by atoms with Gasteiger partial charge in [0.2, 0.25) is 0 Å². The van der Waals surface area contributed by atoms with Crippen molar-refractivity contribution in [3.8, 4) is 0 Å². The van der Waals surface area contributed by atoms with Crippen LogP contribution in [0.4, 0.5) is 4.39 Å². The van der Waals surface area contributed by atoms with Gasteiger partial charge in [-0.15, -0.1) is 0 Å². The van der Waals surface area contributed by atoms with Crippen LogP contribution in [0.15, 0.2) is 40.7 Å². The van der Waals surface area contributed by atoms with Crippen molar-refractivity contribution in [1.82, 2.24) is 0 Å². The second-order valence-corrected chi connectivity index (χ2v) is 3.21. The molecular formula is C12H14FNO. The summed E-state index contributed by atoms with van der Waals surface area (Å²) in [6.45, 7) is 7.48. The molecule has 15 heavy (non-hydrogen) atoms. The van der Waals surface area contributed by atoms with Crippen LogP contribution < -0.4 is 0 Å². The molecule has 0 spiro atoms. The Morgan fingerprint density at radius 1 is 1.33 bits per heavy atom. The predicted molar refractivity (Wildman–Crippen MR) is 59.1 cm³/mol. The summed E-state index contributed by atoms with van der Waals surface area (Å²) >= 11 is 0. The van der Waals surface area contributed by atoms with Crippen molar-refractivity contribution in [3.63, 3.8) is 0 Å². The Balaban J connectivity index is 2.58. The van der Waals surface area contributed by atoms with E-state index >= 15 is 0 Å². The zero-order chi connectivity index (χ0) is 11.3. The van der Waals surface area contributed by atoms with Gasteiger partial charge in [-0.1, -0.05) is 12.1 Å². The maximum atomic E-state index is 12.6. The van der Waals surface area contributed by atoms with Crippen LogP contribution in [0.3, 0.4) is 0 Å². The second-order valence-electron chi connectivity index (χ2n) is 3.21. The monoisotopic (exact) mass is 207 g/mol. The van der Waals surface area contributed by atoms with Crippen molar-refractivity contribution in [2.75, 3.05) is 0 Å². The summed E-state index contributed by atoms with van der Waals surface area (Å²) in [6, 6.07) is 6.21. The average Bonchev–Trinajstić information content (AvgIpc) is 2.26. The molecule has 1 rings (SSSR count). The van der Waals surface area contributed by atoms with Crippen LogP contribution in [0, 0.1) is 5.82 Å². The van der Waals surface area contributed by atoms with Crippen LogP contribution in [0.25, 0.3) is 0 Å². The highest BCUT2D eigenvalue weighted by atomic mass is 19.1. The van der Waals surface area contributed by atoms with Crippen molar-refractivity contribution in [1.29, 1.82) is 0 Å². The van der Waals surface area contributed by atoms with E-state index in [2.05, 4.69) is 11.7 Å². The lowest BCUT2D eigenvalue weighted by atomic mass is 10.2. The van der Waals surface area contributed by atoms with Crippen LogP contribution in [-0.2, 0) is 11.3 Å². The Labute approximate surface area is 89.1 Å². The lowest BCUT2D eigenvalue weighted by Gasteiger charge is -2.07. The van der Waals surface area contributed by atoms with Crippen LogP contribution >= 0.6 is 0 Å². The van der Waals surface area contributed by atoms with Gasteiger partial charge in [0.05, 0.1) is 5.70 Å². The molecule has 0 fully saturated rings. The molecule has 80 valence electrons. The van der Waals surface area contributed by atoms with E-state index in [0.29, 0.717) is 6.61 Å². The largest absolute Gasteiger partial charge is 0.492 e. The smallest absolute Gasteiger partial charge is 0.123 e. The number of aliphatic imine (C=N–C) groups is 1. The Kier molecular flexibility index (Phi) is 4.03. The van der Waals surface area contributed by atoms with Gasteiger partial charge in [-0.05, 0) is 38.3 Å². The van der Waals surface area contributed by atoms with Gasteiger partial charge >= 0.3 is 0 Å². The molecule has 1 aromatic rings. The number of benzene rings is 1. The van der Waals surface area contributed by atoms with Crippen molar-refractivity contribution >= 4 is 6.72 Å². The Hall–Kier alpha value is -1.64. The molecule has 0 aliphatic carbocycles. The first-order valence-electron chi connectivity index (χ1n) is 4.65. The van der Waals surface area contributed by atoms with E-state index in [0.717, 1.165) is 17.0 Å². The SMILES string of the molecule is C=N/C(C)=C(/C)OCc1ccc(F)cc1. The molecule has 0 radical (unpaired) electrons. The van der Waals surface area contributed by atoms with Gasteiger partial charge in [-0.3, -0.25) is 4.99 Å².